The van der Waals surface area contributed by atoms with Crippen molar-refractivity contribution >= 4 is 21.8 Å². The van der Waals surface area contributed by atoms with Gasteiger partial charge in [-0.3, -0.25) is 9.59 Å². The molecule has 37 heavy (non-hydrogen) atoms. The number of nitrogens with two attached hydrogens (primary N) is 1. The fourth-order valence-corrected chi connectivity index (χ4v) is 6.13. The molecule has 2 unspecified atom stereocenters. The SMILES string of the molecule is N#CC1(c2ccccc2)CCN(C(=O)C2CCCCC2C(=O)NCCc2ccc(S(N)(=O)=O)cc2)CC1. The molecule has 0 bridgehead atoms. The van der Waals surface area contributed by atoms with Crippen LogP contribution in [-0.4, -0.2) is 44.8 Å². The molecule has 1 aliphatic carbocycles. The van der Waals surface area contributed by atoms with Gasteiger partial charge in [-0.05, 0) is 55.4 Å². The zero-order valence-electron chi connectivity index (χ0n) is 20.9. The predicted octanol–water partition coefficient (Wildman–Crippen LogP) is 2.88. The predicted molar refractivity (Wildman–Crippen MR) is 140 cm³/mol. The molecule has 8 nitrogen and oxygen atoms in total. The standard InChI is InChI=1S/C28H34N4O4S/c29-20-28(22-6-2-1-3-7-22)15-18-32(19-16-28)27(34)25-9-5-4-8-24(25)26(33)31-17-14-21-10-12-23(13-11-21)37(30,35)36/h1-3,6-7,10-13,24-25H,4-5,8-9,14-19H2,(H,31,33)(H2,30,35,36). The van der Waals surface area contributed by atoms with Gasteiger partial charge in [0.1, 0.15) is 0 Å². The summed E-state index contributed by atoms with van der Waals surface area (Å²) < 4.78 is 22.8. The fourth-order valence-electron chi connectivity index (χ4n) is 5.61. The number of nitrogens with zero attached hydrogens (tertiary/aromatic N) is 2. The molecule has 0 radical (unpaired) electrons. The van der Waals surface area contributed by atoms with Crippen LogP contribution in [0, 0.1) is 23.2 Å². The number of likely N-dealkylation sites (tertiary alicyclic amines) is 1. The van der Waals surface area contributed by atoms with Crippen LogP contribution >= 0.6 is 0 Å². The highest BCUT2D eigenvalue weighted by atomic mass is 32.2. The third kappa shape index (κ3) is 6.20. The van der Waals surface area contributed by atoms with Crippen LogP contribution in [-0.2, 0) is 31.4 Å². The van der Waals surface area contributed by atoms with Gasteiger partial charge in [0.25, 0.3) is 0 Å². The van der Waals surface area contributed by atoms with Gasteiger partial charge in [-0.2, -0.15) is 5.26 Å². The fraction of sp³-hybridized carbons (Fsp3) is 0.464. The van der Waals surface area contributed by atoms with Crippen molar-refractivity contribution in [1.82, 2.24) is 10.2 Å². The molecule has 2 aromatic rings. The van der Waals surface area contributed by atoms with E-state index in [2.05, 4.69) is 11.4 Å². The van der Waals surface area contributed by atoms with Gasteiger partial charge in [0.15, 0.2) is 0 Å². The molecule has 2 atom stereocenters. The first-order chi connectivity index (χ1) is 17.7. The van der Waals surface area contributed by atoms with E-state index in [0.29, 0.717) is 51.7 Å². The van der Waals surface area contributed by atoms with E-state index in [9.17, 15) is 23.3 Å². The Labute approximate surface area is 218 Å². The minimum absolute atomic E-state index is 0.0260. The van der Waals surface area contributed by atoms with Crippen molar-refractivity contribution in [2.75, 3.05) is 19.6 Å². The van der Waals surface area contributed by atoms with Crippen LogP contribution in [0.25, 0.3) is 0 Å². The van der Waals surface area contributed by atoms with Crippen molar-refractivity contribution in [3.8, 4) is 6.07 Å². The first-order valence-electron chi connectivity index (χ1n) is 12.9. The Morgan fingerprint density at radius 3 is 2.22 bits per heavy atom. The van der Waals surface area contributed by atoms with Crippen LogP contribution in [0.1, 0.15) is 49.7 Å². The van der Waals surface area contributed by atoms with Gasteiger partial charge in [-0.15, -0.1) is 0 Å². The topological polar surface area (TPSA) is 133 Å². The quantitative estimate of drug-likeness (QED) is 0.577. The van der Waals surface area contributed by atoms with E-state index >= 15 is 0 Å². The highest BCUT2D eigenvalue weighted by molar-refractivity contribution is 7.89. The molecule has 4 rings (SSSR count). The average Bonchev–Trinajstić information content (AvgIpc) is 2.93. The normalized spacial score (nSPS) is 21.6. The number of nitrogens with one attached hydrogen (secondary N) is 1. The molecule has 1 saturated heterocycles. The Balaban J connectivity index is 1.33. The molecule has 2 fully saturated rings. The highest BCUT2D eigenvalue weighted by Gasteiger charge is 2.42. The molecule has 196 valence electrons. The molecular weight excluding hydrogens is 488 g/mol. The molecule has 1 aliphatic heterocycles. The average molecular weight is 523 g/mol. The Morgan fingerprint density at radius 1 is 1.00 bits per heavy atom. The lowest BCUT2D eigenvalue weighted by Gasteiger charge is -2.40. The van der Waals surface area contributed by atoms with E-state index in [4.69, 9.17) is 5.14 Å². The highest BCUT2D eigenvalue weighted by Crippen LogP contribution is 2.37. The molecule has 2 aliphatic rings. The maximum Gasteiger partial charge on any atom is 0.238 e. The minimum atomic E-state index is -3.74. The zero-order valence-corrected chi connectivity index (χ0v) is 21.8. The molecule has 0 aromatic heterocycles. The van der Waals surface area contributed by atoms with E-state index in [0.717, 1.165) is 24.0 Å². The van der Waals surface area contributed by atoms with Gasteiger partial charge < -0.3 is 10.2 Å². The van der Waals surface area contributed by atoms with Gasteiger partial charge in [-0.25, -0.2) is 13.6 Å². The lowest BCUT2D eigenvalue weighted by atomic mass is 9.73. The number of carbonyl (C=O) groups is 2. The summed E-state index contributed by atoms with van der Waals surface area (Å²) in [5.74, 6) is -0.776. The maximum atomic E-state index is 13.5. The molecule has 1 saturated carbocycles. The Hall–Kier alpha value is -3.22. The van der Waals surface area contributed by atoms with Crippen molar-refractivity contribution < 1.29 is 18.0 Å². The summed E-state index contributed by atoms with van der Waals surface area (Å²) in [6.07, 6.45) is 4.96. The van der Waals surface area contributed by atoms with Gasteiger partial charge >= 0.3 is 0 Å². The van der Waals surface area contributed by atoms with E-state index in [1.165, 1.54) is 12.1 Å². The summed E-state index contributed by atoms with van der Waals surface area (Å²) in [6.45, 7) is 1.43. The van der Waals surface area contributed by atoms with Crippen LogP contribution in [0.2, 0.25) is 0 Å². The van der Waals surface area contributed by atoms with Crippen molar-refractivity contribution in [3.63, 3.8) is 0 Å². The second-order valence-electron chi connectivity index (χ2n) is 10.1. The number of primary sulfonamides is 1. The van der Waals surface area contributed by atoms with Crippen LogP contribution in [0.5, 0.6) is 0 Å². The number of rotatable bonds is 7. The van der Waals surface area contributed by atoms with Crippen molar-refractivity contribution in [1.29, 1.82) is 5.26 Å². The Morgan fingerprint density at radius 2 is 1.62 bits per heavy atom. The van der Waals surface area contributed by atoms with Crippen molar-refractivity contribution in [3.05, 3.63) is 65.7 Å². The molecule has 0 spiro atoms. The summed E-state index contributed by atoms with van der Waals surface area (Å²) in [7, 11) is -3.74. The number of benzene rings is 2. The molecular formula is C28H34N4O4S. The van der Waals surface area contributed by atoms with Gasteiger partial charge in [0.05, 0.1) is 16.4 Å². The van der Waals surface area contributed by atoms with Crippen LogP contribution in [0.3, 0.4) is 0 Å². The number of amides is 2. The van der Waals surface area contributed by atoms with E-state index < -0.39 is 15.4 Å². The van der Waals surface area contributed by atoms with Crippen molar-refractivity contribution in [2.45, 2.75) is 55.3 Å². The second-order valence-corrected chi connectivity index (χ2v) is 11.7. The number of carbonyl (C=O) groups excluding carboxylic acids is 2. The third-order valence-corrected chi connectivity index (χ3v) is 8.78. The first-order valence-corrected chi connectivity index (χ1v) is 14.4. The molecule has 3 N–H and O–H groups in total. The summed E-state index contributed by atoms with van der Waals surface area (Å²) in [4.78, 5) is 28.5. The summed E-state index contributed by atoms with van der Waals surface area (Å²) in [6, 6.07) is 18.6. The second kappa shape index (κ2) is 11.4. The first kappa shape index (κ1) is 26.8. The Kier molecular flexibility index (Phi) is 8.30. The van der Waals surface area contributed by atoms with E-state index in [1.54, 1.807) is 12.1 Å². The number of nitriles is 1. The Bertz CT molecular complexity index is 1250. The third-order valence-electron chi connectivity index (χ3n) is 7.85. The lowest BCUT2D eigenvalue weighted by molar-refractivity contribution is -0.144. The van der Waals surface area contributed by atoms with Crippen LogP contribution in [0.4, 0.5) is 0 Å². The summed E-state index contributed by atoms with van der Waals surface area (Å²) >= 11 is 0. The van der Waals surface area contributed by atoms with Gasteiger partial charge in [-0.1, -0.05) is 55.3 Å². The van der Waals surface area contributed by atoms with E-state index in [1.807, 2.05) is 35.2 Å². The zero-order chi connectivity index (χ0) is 26.5. The van der Waals surface area contributed by atoms with Crippen molar-refractivity contribution in [2.24, 2.45) is 17.0 Å². The van der Waals surface area contributed by atoms with Crippen LogP contribution < -0.4 is 10.5 Å². The number of hydrogen-bond acceptors (Lipinski definition) is 5. The van der Waals surface area contributed by atoms with Gasteiger partial charge in [0, 0.05) is 31.5 Å². The number of sulfonamides is 1. The molecule has 9 heteroatoms. The molecule has 2 aromatic carbocycles. The largest absolute Gasteiger partial charge is 0.356 e. The van der Waals surface area contributed by atoms with Gasteiger partial charge in [0.2, 0.25) is 21.8 Å². The maximum absolute atomic E-state index is 13.5. The monoisotopic (exact) mass is 522 g/mol. The lowest BCUT2D eigenvalue weighted by Crippen LogP contribution is -2.50. The number of piperidine rings is 1. The van der Waals surface area contributed by atoms with Crippen LogP contribution in [0.15, 0.2) is 59.5 Å². The summed E-state index contributed by atoms with van der Waals surface area (Å²) in [5.41, 5.74) is 1.31. The summed E-state index contributed by atoms with van der Waals surface area (Å²) in [5, 5.41) is 18.1. The van der Waals surface area contributed by atoms with E-state index in [-0.39, 0.29) is 28.5 Å². The minimum Gasteiger partial charge on any atom is -0.356 e. The number of hydrogen-bond donors (Lipinski definition) is 2. The molecule has 1 heterocycles. The molecule has 2 amide bonds. The smallest absolute Gasteiger partial charge is 0.238 e.